The first-order chi connectivity index (χ1) is 11.8. The Morgan fingerprint density at radius 3 is 2.32 bits per heavy atom. The average Bonchev–Trinajstić information content (AvgIpc) is 2.56. The van der Waals surface area contributed by atoms with E-state index >= 15 is 0 Å². The van der Waals surface area contributed by atoms with Gasteiger partial charge in [-0.3, -0.25) is 19.7 Å². The maximum Gasteiger partial charge on any atom is 0.273 e. The molecule has 0 fully saturated rings. The number of aryl methyl sites for hydroxylation is 1. The minimum Gasteiger partial charge on any atom is -0.349 e. The van der Waals surface area contributed by atoms with Crippen molar-refractivity contribution in [2.24, 2.45) is 0 Å². The summed E-state index contributed by atoms with van der Waals surface area (Å²) >= 11 is 0. The van der Waals surface area contributed by atoms with Crippen molar-refractivity contribution in [2.45, 2.75) is 13.3 Å². The molecule has 0 heterocycles. The van der Waals surface area contributed by atoms with Crippen LogP contribution in [0, 0.1) is 17.0 Å². The van der Waals surface area contributed by atoms with E-state index in [9.17, 15) is 19.7 Å². The van der Waals surface area contributed by atoms with Crippen LogP contribution in [-0.4, -0.2) is 35.7 Å². The van der Waals surface area contributed by atoms with Crippen LogP contribution in [0.1, 0.15) is 21.5 Å². The predicted molar refractivity (Wildman–Crippen MR) is 94.6 cm³/mol. The molecule has 0 aliphatic heterocycles. The second-order valence-electron chi connectivity index (χ2n) is 5.87. The van der Waals surface area contributed by atoms with Crippen molar-refractivity contribution < 1.29 is 14.5 Å². The first-order valence-electron chi connectivity index (χ1n) is 7.63. The molecule has 0 aliphatic rings. The molecule has 7 heteroatoms. The molecule has 7 nitrogen and oxygen atoms in total. The summed E-state index contributed by atoms with van der Waals surface area (Å²) in [5, 5.41) is 13.7. The fourth-order valence-electron chi connectivity index (χ4n) is 2.19. The summed E-state index contributed by atoms with van der Waals surface area (Å²) in [6.07, 6.45) is 0.283. The summed E-state index contributed by atoms with van der Waals surface area (Å²) < 4.78 is 0. The van der Waals surface area contributed by atoms with E-state index in [1.165, 1.54) is 11.0 Å². The highest BCUT2D eigenvalue weighted by Gasteiger charge is 2.15. The summed E-state index contributed by atoms with van der Waals surface area (Å²) in [6.45, 7) is 1.62. The smallest absolute Gasteiger partial charge is 0.273 e. The SMILES string of the molecule is Cc1ccc(C(=O)Nc2ccc(CC(=O)N(C)C)cc2)cc1[N+](=O)[O-]. The van der Waals surface area contributed by atoms with Gasteiger partial charge < -0.3 is 10.2 Å². The Hall–Kier alpha value is -3.22. The van der Waals surface area contributed by atoms with Gasteiger partial charge in [-0.2, -0.15) is 0 Å². The normalized spacial score (nSPS) is 10.2. The van der Waals surface area contributed by atoms with Crippen molar-refractivity contribution in [1.29, 1.82) is 0 Å². The molecule has 0 aliphatic carbocycles. The van der Waals surface area contributed by atoms with Crippen molar-refractivity contribution in [3.63, 3.8) is 0 Å². The molecule has 1 N–H and O–H groups in total. The third-order valence-electron chi connectivity index (χ3n) is 3.73. The highest BCUT2D eigenvalue weighted by Crippen LogP contribution is 2.20. The lowest BCUT2D eigenvalue weighted by Crippen LogP contribution is -2.23. The Balaban J connectivity index is 2.09. The maximum atomic E-state index is 12.3. The number of nitrogens with one attached hydrogen (secondary N) is 1. The third-order valence-corrected chi connectivity index (χ3v) is 3.73. The van der Waals surface area contributed by atoms with Gasteiger partial charge in [0.25, 0.3) is 11.6 Å². The van der Waals surface area contributed by atoms with E-state index < -0.39 is 10.8 Å². The zero-order valence-electron chi connectivity index (χ0n) is 14.3. The van der Waals surface area contributed by atoms with Crippen molar-refractivity contribution in [2.75, 3.05) is 19.4 Å². The van der Waals surface area contributed by atoms with Gasteiger partial charge in [0, 0.05) is 37.0 Å². The Bertz CT molecular complexity index is 814. The second-order valence-corrected chi connectivity index (χ2v) is 5.87. The van der Waals surface area contributed by atoms with E-state index in [0.717, 1.165) is 5.56 Å². The molecule has 25 heavy (non-hydrogen) atoms. The summed E-state index contributed by atoms with van der Waals surface area (Å²) in [4.78, 5) is 35.9. The van der Waals surface area contributed by atoms with Crippen molar-refractivity contribution in [1.82, 2.24) is 4.90 Å². The van der Waals surface area contributed by atoms with Crippen LogP contribution in [0.4, 0.5) is 11.4 Å². The topological polar surface area (TPSA) is 92.6 Å². The number of carbonyl (C=O) groups is 2. The highest BCUT2D eigenvalue weighted by molar-refractivity contribution is 6.04. The number of likely N-dealkylation sites (N-methyl/N-ethyl adjacent to an activating group) is 1. The number of anilines is 1. The number of hydrogen-bond acceptors (Lipinski definition) is 4. The van der Waals surface area contributed by atoms with Gasteiger partial charge >= 0.3 is 0 Å². The molecular formula is C18H19N3O4. The summed E-state index contributed by atoms with van der Waals surface area (Å²) in [5.74, 6) is -0.441. The molecule has 2 rings (SSSR count). The van der Waals surface area contributed by atoms with Crippen LogP contribution in [-0.2, 0) is 11.2 Å². The standard InChI is InChI=1S/C18H19N3O4/c1-12-4-7-14(11-16(12)21(24)25)18(23)19-15-8-5-13(6-9-15)10-17(22)20(2)3/h4-9,11H,10H2,1-3H3,(H,19,23). The lowest BCUT2D eigenvalue weighted by molar-refractivity contribution is -0.385. The van der Waals surface area contributed by atoms with E-state index in [-0.39, 0.29) is 23.6 Å². The molecule has 0 atom stereocenters. The van der Waals surface area contributed by atoms with Gasteiger partial charge in [-0.1, -0.05) is 18.2 Å². The van der Waals surface area contributed by atoms with Crippen LogP contribution < -0.4 is 5.32 Å². The largest absolute Gasteiger partial charge is 0.349 e. The van der Waals surface area contributed by atoms with E-state index in [4.69, 9.17) is 0 Å². The Labute approximate surface area is 145 Å². The van der Waals surface area contributed by atoms with Crippen LogP contribution in [0.2, 0.25) is 0 Å². The first-order valence-corrected chi connectivity index (χ1v) is 7.63. The number of amides is 2. The molecule has 0 saturated heterocycles. The Morgan fingerprint density at radius 2 is 1.76 bits per heavy atom. The molecule has 0 spiro atoms. The van der Waals surface area contributed by atoms with Gasteiger partial charge in [-0.25, -0.2) is 0 Å². The minimum absolute atomic E-state index is 0.0104. The lowest BCUT2D eigenvalue weighted by atomic mass is 10.1. The molecule has 0 bridgehead atoms. The first kappa shape index (κ1) is 18.1. The van der Waals surface area contributed by atoms with Crippen molar-refractivity contribution >= 4 is 23.2 Å². The van der Waals surface area contributed by atoms with Gasteiger partial charge in [0.2, 0.25) is 5.91 Å². The van der Waals surface area contributed by atoms with Gasteiger partial charge in [-0.15, -0.1) is 0 Å². The Morgan fingerprint density at radius 1 is 1.12 bits per heavy atom. The van der Waals surface area contributed by atoms with E-state index in [0.29, 0.717) is 11.3 Å². The molecule has 130 valence electrons. The molecule has 2 aromatic carbocycles. The van der Waals surface area contributed by atoms with Gasteiger partial charge in [0.15, 0.2) is 0 Å². The quantitative estimate of drug-likeness (QED) is 0.668. The van der Waals surface area contributed by atoms with Gasteiger partial charge in [-0.05, 0) is 30.7 Å². The van der Waals surface area contributed by atoms with Gasteiger partial charge in [0.05, 0.1) is 11.3 Å². The van der Waals surface area contributed by atoms with Crippen LogP contribution in [0.25, 0.3) is 0 Å². The maximum absolute atomic E-state index is 12.3. The monoisotopic (exact) mass is 341 g/mol. The number of hydrogen-bond donors (Lipinski definition) is 1. The van der Waals surface area contributed by atoms with E-state index in [1.54, 1.807) is 57.4 Å². The number of rotatable bonds is 5. The third kappa shape index (κ3) is 4.63. The minimum atomic E-state index is -0.511. The highest BCUT2D eigenvalue weighted by atomic mass is 16.6. The zero-order chi connectivity index (χ0) is 18.6. The van der Waals surface area contributed by atoms with Crippen LogP contribution in [0.3, 0.4) is 0 Å². The van der Waals surface area contributed by atoms with E-state index in [2.05, 4.69) is 5.32 Å². The number of nitro benzene ring substituents is 1. The average molecular weight is 341 g/mol. The fourth-order valence-corrected chi connectivity index (χ4v) is 2.19. The Kier molecular flexibility index (Phi) is 5.49. The van der Waals surface area contributed by atoms with E-state index in [1.807, 2.05) is 0 Å². The lowest BCUT2D eigenvalue weighted by Gasteiger charge is -2.11. The zero-order valence-corrected chi connectivity index (χ0v) is 14.3. The molecule has 0 unspecified atom stereocenters. The second kappa shape index (κ2) is 7.57. The summed E-state index contributed by atoms with van der Waals surface area (Å²) in [7, 11) is 3.38. The van der Waals surface area contributed by atoms with Crippen LogP contribution >= 0.6 is 0 Å². The number of carbonyl (C=O) groups excluding carboxylic acids is 2. The van der Waals surface area contributed by atoms with Crippen LogP contribution in [0.5, 0.6) is 0 Å². The molecule has 0 aromatic heterocycles. The predicted octanol–water partition coefficient (Wildman–Crippen LogP) is 2.79. The molecule has 0 radical (unpaired) electrons. The number of nitrogens with zero attached hydrogens (tertiary/aromatic N) is 2. The van der Waals surface area contributed by atoms with Crippen LogP contribution in [0.15, 0.2) is 42.5 Å². The fraction of sp³-hybridized carbons (Fsp3) is 0.222. The molecule has 0 saturated carbocycles. The number of nitro groups is 1. The van der Waals surface area contributed by atoms with Crippen molar-refractivity contribution in [3.8, 4) is 0 Å². The summed E-state index contributed by atoms with van der Waals surface area (Å²) in [5.41, 5.74) is 2.00. The molecule has 2 aromatic rings. The van der Waals surface area contributed by atoms with Gasteiger partial charge in [0.1, 0.15) is 0 Å². The number of benzene rings is 2. The van der Waals surface area contributed by atoms with Crippen molar-refractivity contribution in [3.05, 3.63) is 69.3 Å². The molecule has 2 amide bonds. The molecular weight excluding hydrogens is 322 g/mol. The summed E-state index contributed by atoms with van der Waals surface area (Å²) in [6, 6.07) is 11.3.